The van der Waals surface area contributed by atoms with Gasteiger partial charge in [0.2, 0.25) is 0 Å². The molecule has 5 nitrogen and oxygen atoms in total. The van der Waals surface area contributed by atoms with E-state index in [1.165, 1.54) is 11.1 Å². The number of carbonyl (C=O) groups excluding carboxylic acids is 1. The van der Waals surface area contributed by atoms with E-state index in [0.717, 1.165) is 32.7 Å². The molecule has 6 heteroatoms. The lowest BCUT2D eigenvalue weighted by molar-refractivity contribution is -0.123. The molecule has 0 aliphatic heterocycles. The Labute approximate surface area is 185 Å². The van der Waals surface area contributed by atoms with Gasteiger partial charge in [-0.3, -0.25) is 4.79 Å². The Morgan fingerprint density at radius 2 is 1.80 bits per heavy atom. The van der Waals surface area contributed by atoms with Gasteiger partial charge >= 0.3 is 0 Å². The average Bonchev–Trinajstić information content (AvgIpc) is 2.91. The van der Waals surface area contributed by atoms with Crippen LogP contribution in [-0.2, 0) is 4.79 Å². The Morgan fingerprint density at radius 1 is 1.07 bits per heavy atom. The molecule has 3 aromatic rings. The smallest absolute Gasteiger partial charge is 0.277 e. The van der Waals surface area contributed by atoms with Crippen molar-refractivity contribution in [1.82, 2.24) is 9.99 Å². The minimum atomic E-state index is -0.311. The molecule has 0 saturated heterocycles. The zero-order valence-electron chi connectivity index (χ0n) is 17.9. The van der Waals surface area contributed by atoms with Gasteiger partial charge in [-0.15, -0.1) is 0 Å². The van der Waals surface area contributed by atoms with Gasteiger partial charge in [-0.25, -0.2) is 5.43 Å². The molecular formula is C24H26BrN3O2. The summed E-state index contributed by atoms with van der Waals surface area (Å²) in [5.41, 5.74) is 10.1. The molecule has 1 N–H and O–H groups in total. The molecule has 0 atom stereocenters. The number of amides is 1. The fraction of sp³-hybridized carbons (Fsp3) is 0.250. The average molecular weight is 468 g/mol. The van der Waals surface area contributed by atoms with E-state index >= 15 is 0 Å². The predicted molar refractivity (Wildman–Crippen MR) is 125 cm³/mol. The first-order chi connectivity index (χ1) is 14.3. The molecule has 0 aliphatic carbocycles. The summed E-state index contributed by atoms with van der Waals surface area (Å²) in [5.74, 6) is 0.380. The number of rotatable bonds is 6. The molecule has 0 bridgehead atoms. The summed E-state index contributed by atoms with van der Waals surface area (Å²) in [6.07, 6.45) is 1.66. The first-order valence-electron chi connectivity index (χ1n) is 9.75. The molecule has 0 unspecified atom stereocenters. The second-order valence-electron chi connectivity index (χ2n) is 7.37. The lowest BCUT2D eigenvalue weighted by atomic mass is 10.1. The molecule has 30 heavy (non-hydrogen) atoms. The molecule has 0 spiro atoms. The van der Waals surface area contributed by atoms with Crippen LogP contribution in [0.2, 0.25) is 0 Å². The van der Waals surface area contributed by atoms with E-state index in [4.69, 9.17) is 4.74 Å². The van der Waals surface area contributed by atoms with Crippen molar-refractivity contribution in [1.29, 1.82) is 0 Å². The maximum Gasteiger partial charge on any atom is 0.277 e. The molecule has 2 aromatic carbocycles. The van der Waals surface area contributed by atoms with E-state index in [-0.39, 0.29) is 12.5 Å². The van der Waals surface area contributed by atoms with Gasteiger partial charge in [0.25, 0.3) is 5.91 Å². The first kappa shape index (κ1) is 21.8. The number of para-hydroxylation sites is 1. The minimum absolute atomic E-state index is 0.0923. The topological polar surface area (TPSA) is 55.6 Å². The van der Waals surface area contributed by atoms with Crippen molar-refractivity contribution < 1.29 is 9.53 Å². The Balaban J connectivity index is 1.73. The number of carbonyl (C=O) groups is 1. The number of ether oxygens (including phenoxy) is 1. The summed E-state index contributed by atoms with van der Waals surface area (Å²) in [5, 5.41) is 4.13. The van der Waals surface area contributed by atoms with Crippen LogP contribution in [0.4, 0.5) is 0 Å². The van der Waals surface area contributed by atoms with Crippen LogP contribution in [0.3, 0.4) is 0 Å². The van der Waals surface area contributed by atoms with E-state index in [0.29, 0.717) is 5.75 Å². The quantitative estimate of drug-likeness (QED) is 0.394. The van der Waals surface area contributed by atoms with Crippen LogP contribution >= 0.6 is 15.9 Å². The lowest BCUT2D eigenvalue weighted by Gasteiger charge is -2.13. The largest absolute Gasteiger partial charge is 0.483 e. The van der Waals surface area contributed by atoms with Gasteiger partial charge < -0.3 is 9.30 Å². The highest BCUT2D eigenvalue weighted by Crippen LogP contribution is 2.30. The van der Waals surface area contributed by atoms with Crippen molar-refractivity contribution >= 4 is 28.1 Å². The fourth-order valence-corrected chi connectivity index (χ4v) is 4.02. The number of hydrazone groups is 1. The zero-order valence-corrected chi connectivity index (χ0v) is 19.5. The van der Waals surface area contributed by atoms with Crippen LogP contribution in [0.5, 0.6) is 5.75 Å². The summed E-state index contributed by atoms with van der Waals surface area (Å²) >= 11 is 3.68. The molecule has 0 aliphatic rings. The summed E-state index contributed by atoms with van der Waals surface area (Å²) in [4.78, 5) is 12.1. The lowest BCUT2D eigenvalue weighted by Crippen LogP contribution is -2.24. The monoisotopic (exact) mass is 467 g/mol. The second kappa shape index (κ2) is 9.30. The fourth-order valence-electron chi connectivity index (χ4n) is 3.45. The van der Waals surface area contributed by atoms with Crippen LogP contribution in [0.1, 0.15) is 33.6 Å². The number of halogens is 1. The van der Waals surface area contributed by atoms with Gasteiger partial charge in [0.15, 0.2) is 6.61 Å². The van der Waals surface area contributed by atoms with Gasteiger partial charge in [0.05, 0.1) is 6.21 Å². The summed E-state index contributed by atoms with van der Waals surface area (Å²) in [7, 11) is 0. The highest BCUT2D eigenvalue weighted by atomic mass is 79.9. The van der Waals surface area contributed by atoms with Crippen LogP contribution in [0, 0.1) is 34.6 Å². The van der Waals surface area contributed by atoms with Crippen molar-refractivity contribution in [3.63, 3.8) is 0 Å². The highest BCUT2D eigenvalue weighted by Gasteiger charge is 2.17. The molecule has 1 amide bonds. The number of hydrogen-bond donors (Lipinski definition) is 1. The van der Waals surface area contributed by atoms with Gasteiger partial charge in [-0.2, -0.15) is 5.10 Å². The summed E-state index contributed by atoms with van der Waals surface area (Å²) in [6.45, 7) is 10.1. The Morgan fingerprint density at radius 3 is 2.50 bits per heavy atom. The summed E-state index contributed by atoms with van der Waals surface area (Å²) < 4.78 is 8.70. The number of aryl methyl sites for hydroxylation is 3. The molecule has 1 heterocycles. The zero-order chi connectivity index (χ0) is 21.8. The highest BCUT2D eigenvalue weighted by molar-refractivity contribution is 9.10. The van der Waals surface area contributed by atoms with Crippen LogP contribution in [0.15, 0.2) is 52.0 Å². The maximum atomic E-state index is 12.1. The van der Waals surface area contributed by atoms with Crippen LogP contribution in [-0.4, -0.2) is 23.3 Å². The van der Waals surface area contributed by atoms with Gasteiger partial charge in [-0.1, -0.05) is 35.9 Å². The Kier molecular flexibility index (Phi) is 6.77. The normalized spacial score (nSPS) is 11.1. The standard InChI is InChI=1S/C24H26BrN3O2/c1-15-10-11-21(17(3)12-15)28-18(4)20(24(25)19(28)5)13-26-27-23(29)14-30-22-9-7-6-8-16(22)2/h6-13H,14H2,1-5H3,(H,27,29)/b26-13-. The third kappa shape index (κ3) is 4.65. The van der Waals surface area contributed by atoms with Gasteiger partial charge in [0.1, 0.15) is 5.75 Å². The van der Waals surface area contributed by atoms with E-state index < -0.39 is 0 Å². The molecule has 0 fully saturated rings. The van der Waals surface area contributed by atoms with E-state index in [1.807, 2.05) is 38.1 Å². The number of benzene rings is 2. The van der Waals surface area contributed by atoms with Crippen molar-refractivity contribution in [3.05, 3.63) is 80.6 Å². The van der Waals surface area contributed by atoms with Crippen LogP contribution in [0.25, 0.3) is 5.69 Å². The second-order valence-corrected chi connectivity index (χ2v) is 8.16. The van der Waals surface area contributed by atoms with Gasteiger partial charge in [0, 0.05) is 27.1 Å². The third-order valence-electron chi connectivity index (χ3n) is 5.04. The van der Waals surface area contributed by atoms with Crippen LogP contribution < -0.4 is 10.2 Å². The number of nitrogens with zero attached hydrogens (tertiary/aromatic N) is 2. The Bertz CT molecular complexity index is 1120. The Hall–Kier alpha value is -2.86. The molecule has 3 rings (SSSR count). The number of nitrogens with one attached hydrogen (secondary N) is 1. The predicted octanol–water partition coefficient (Wildman–Crippen LogP) is 5.31. The molecule has 0 radical (unpaired) electrons. The van der Waals surface area contributed by atoms with Crippen molar-refractivity contribution in [3.8, 4) is 11.4 Å². The first-order valence-corrected chi connectivity index (χ1v) is 10.5. The van der Waals surface area contributed by atoms with Crippen molar-refractivity contribution in [2.45, 2.75) is 34.6 Å². The molecule has 0 saturated carbocycles. The maximum absolute atomic E-state index is 12.1. The van der Waals surface area contributed by atoms with E-state index in [9.17, 15) is 4.79 Å². The van der Waals surface area contributed by atoms with Crippen molar-refractivity contribution in [2.75, 3.05) is 6.61 Å². The minimum Gasteiger partial charge on any atom is -0.483 e. The molecular weight excluding hydrogens is 442 g/mol. The van der Waals surface area contributed by atoms with Gasteiger partial charge in [-0.05, 0) is 73.8 Å². The number of aromatic nitrogens is 1. The molecule has 156 valence electrons. The number of hydrogen-bond acceptors (Lipinski definition) is 3. The summed E-state index contributed by atoms with van der Waals surface area (Å²) in [6, 6.07) is 14.0. The third-order valence-corrected chi connectivity index (χ3v) is 6.04. The van der Waals surface area contributed by atoms with E-state index in [2.05, 4.69) is 70.0 Å². The molecule has 1 aromatic heterocycles. The van der Waals surface area contributed by atoms with E-state index in [1.54, 1.807) is 6.21 Å². The SMILES string of the molecule is Cc1ccc(-n2c(C)c(Br)c(/C=N\NC(=O)COc3ccccc3C)c2C)c(C)c1. The van der Waals surface area contributed by atoms with Crippen molar-refractivity contribution in [2.24, 2.45) is 5.10 Å².